The van der Waals surface area contributed by atoms with Gasteiger partial charge in [0.05, 0.1) is 16.8 Å². The summed E-state index contributed by atoms with van der Waals surface area (Å²) in [5.41, 5.74) is 0.931. The standard InChI is InChI=1S/C23H28ClN7O3S2.ClH/c1-30(2)23(34)12-4-6-14(27-21(35)19(32)29-18-7-5-13(24)9-25-18)15(8-12)26-20(33)22-28-16-10-31(3)11-17(16)36-22;/h5,7,9,12,14-15H,4,6,8,10-11H2,1-3H3,(H,26,33)(H,27,35)(H,25,29,32);1H/t12-,14-,15+;/m0./s1. The van der Waals surface area contributed by atoms with Crippen molar-refractivity contribution >= 4 is 76.1 Å². The number of anilines is 1. The van der Waals surface area contributed by atoms with Crippen molar-refractivity contribution in [2.45, 2.75) is 44.4 Å². The summed E-state index contributed by atoms with van der Waals surface area (Å²) < 4.78 is 0. The second-order valence-corrected chi connectivity index (χ2v) is 11.2. The average molecular weight is 587 g/mol. The Labute approximate surface area is 235 Å². The summed E-state index contributed by atoms with van der Waals surface area (Å²) >= 11 is 12.6. The molecule has 0 aromatic carbocycles. The molecule has 1 aliphatic carbocycles. The lowest BCUT2D eigenvalue weighted by molar-refractivity contribution is -0.134. The average Bonchev–Trinajstić information content (AvgIpc) is 3.38. The molecule has 14 heteroatoms. The lowest BCUT2D eigenvalue weighted by atomic mass is 9.81. The SMILES string of the molecule is CN1Cc2nc(C(=O)N[C@@H]3C[C@@H](C(=O)N(C)C)CC[C@@H]3NC(=S)C(=O)Nc3ccc(Cl)cn3)sc2C1.Cl. The van der Waals surface area contributed by atoms with Crippen LogP contribution in [0.2, 0.25) is 5.02 Å². The quantitative estimate of drug-likeness (QED) is 0.458. The molecular weight excluding hydrogens is 557 g/mol. The zero-order chi connectivity index (χ0) is 26.0. The van der Waals surface area contributed by atoms with Crippen molar-refractivity contribution in [3.05, 3.63) is 38.9 Å². The molecule has 2 aromatic heterocycles. The van der Waals surface area contributed by atoms with E-state index in [1.807, 2.05) is 7.05 Å². The van der Waals surface area contributed by atoms with E-state index < -0.39 is 11.9 Å². The first kappa shape index (κ1) is 29.2. The van der Waals surface area contributed by atoms with Crippen LogP contribution < -0.4 is 16.0 Å². The minimum atomic E-state index is -0.517. The molecule has 2 aromatic rings. The Morgan fingerprint density at radius 1 is 1.16 bits per heavy atom. The minimum Gasteiger partial charge on any atom is -0.367 e. The fraction of sp³-hybridized carbons (Fsp3) is 0.478. The third-order valence-corrected chi connectivity index (χ3v) is 7.86. The van der Waals surface area contributed by atoms with Gasteiger partial charge in [0.25, 0.3) is 11.8 Å². The molecule has 10 nitrogen and oxygen atoms in total. The molecule has 3 heterocycles. The third kappa shape index (κ3) is 7.14. The molecule has 1 aliphatic heterocycles. The highest BCUT2D eigenvalue weighted by Crippen LogP contribution is 2.29. The second kappa shape index (κ2) is 12.4. The Kier molecular flexibility index (Phi) is 9.81. The van der Waals surface area contributed by atoms with Gasteiger partial charge in [-0.1, -0.05) is 23.8 Å². The van der Waals surface area contributed by atoms with Crippen LogP contribution in [0.3, 0.4) is 0 Å². The van der Waals surface area contributed by atoms with Gasteiger partial charge in [-0.3, -0.25) is 19.3 Å². The predicted octanol–water partition coefficient (Wildman–Crippen LogP) is 2.47. The number of pyridine rings is 1. The van der Waals surface area contributed by atoms with Crippen LogP contribution in [-0.4, -0.2) is 75.7 Å². The Hall–Kier alpha value is -2.38. The number of carbonyl (C=O) groups is 3. The van der Waals surface area contributed by atoms with Crippen LogP contribution in [0.25, 0.3) is 0 Å². The summed E-state index contributed by atoms with van der Waals surface area (Å²) in [4.78, 5) is 51.8. The topological polar surface area (TPSA) is 120 Å². The number of rotatable bonds is 5. The molecule has 0 radical (unpaired) electrons. The van der Waals surface area contributed by atoms with Crippen LogP contribution in [-0.2, 0) is 22.7 Å². The lowest BCUT2D eigenvalue weighted by Crippen LogP contribution is -2.57. The van der Waals surface area contributed by atoms with Crippen molar-refractivity contribution in [2.75, 3.05) is 26.5 Å². The van der Waals surface area contributed by atoms with Gasteiger partial charge < -0.3 is 20.9 Å². The Balaban J connectivity index is 0.00000380. The van der Waals surface area contributed by atoms with E-state index in [0.29, 0.717) is 35.1 Å². The molecule has 4 rings (SSSR count). The van der Waals surface area contributed by atoms with E-state index in [1.165, 1.54) is 17.5 Å². The van der Waals surface area contributed by atoms with Crippen molar-refractivity contribution in [3.8, 4) is 0 Å². The number of carbonyl (C=O) groups excluding carboxylic acids is 3. The van der Waals surface area contributed by atoms with Crippen molar-refractivity contribution in [3.63, 3.8) is 0 Å². The van der Waals surface area contributed by atoms with Crippen molar-refractivity contribution in [2.24, 2.45) is 5.92 Å². The maximum Gasteiger partial charge on any atom is 0.284 e. The fourth-order valence-corrected chi connectivity index (χ4v) is 5.83. The van der Waals surface area contributed by atoms with Gasteiger partial charge >= 0.3 is 0 Å². The molecule has 2 aliphatic rings. The van der Waals surface area contributed by atoms with Gasteiger partial charge in [-0.05, 0) is 38.4 Å². The fourth-order valence-electron chi connectivity index (χ4n) is 4.46. The second-order valence-electron chi connectivity index (χ2n) is 9.28. The largest absolute Gasteiger partial charge is 0.367 e. The molecule has 0 unspecified atom stereocenters. The summed E-state index contributed by atoms with van der Waals surface area (Å²) in [6.45, 7) is 1.50. The van der Waals surface area contributed by atoms with E-state index >= 15 is 0 Å². The third-order valence-electron chi connectivity index (χ3n) is 6.25. The van der Waals surface area contributed by atoms with Gasteiger partial charge in [0.15, 0.2) is 10.00 Å². The Morgan fingerprint density at radius 3 is 2.57 bits per heavy atom. The molecule has 0 saturated heterocycles. The normalized spacial score (nSPS) is 20.8. The number of thiocarbonyl (C=S) groups is 1. The van der Waals surface area contributed by atoms with E-state index in [0.717, 1.165) is 23.7 Å². The summed E-state index contributed by atoms with van der Waals surface area (Å²) in [7, 11) is 5.45. The molecule has 0 bridgehead atoms. The molecule has 3 atom stereocenters. The molecule has 1 fully saturated rings. The van der Waals surface area contributed by atoms with Crippen LogP contribution in [0.15, 0.2) is 18.3 Å². The highest BCUT2D eigenvalue weighted by molar-refractivity contribution is 7.82. The van der Waals surface area contributed by atoms with Crippen molar-refractivity contribution in [1.29, 1.82) is 0 Å². The number of aromatic nitrogens is 2. The Bertz CT molecular complexity index is 1150. The van der Waals surface area contributed by atoms with E-state index in [2.05, 4.69) is 30.8 Å². The maximum atomic E-state index is 13.1. The lowest BCUT2D eigenvalue weighted by Gasteiger charge is -2.37. The Morgan fingerprint density at radius 2 is 1.92 bits per heavy atom. The van der Waals surface area contributed by atoms with Gasteiger partial charge in [-0.25, -0.2) is 9.97 Å². The molecule has 0 spiro atoms. The van der Waals surface area contributed by atoms with Gasteiger partial charge in [0, 0.05) is 50.2 Å². The molecule has 200 valence electrons. The van der Waals surface area contributed by atoms with Gasteiger partial charge in [0.1, 0.15) is 5.82 Å². The van der Waals surface area contributed by atoms with Gasteiger partial charge in [0.2, 0.25) is 5.91 Å². The highest BCUT2D eigenvalue weighted by Gasteiger charge is 2.37. The zero-order valence-corrected chi connectivity index (χ0v) is 23.8. The number of fused-ring (bicyclic) bond motifs is 1. The smallest absolute Gasteiger partial charge is 0.284 e. The highest BCUT2D eigenvalue weighted by atomic mass is 35.5. The number of nitrogens with one attached hydrogen (secondary N) is 3. The first-order valence-corrected chi connectivity index (χ1v) is 13.1. The first-order chi connectivity index (χ1) is 17.1. The number of nitrogens with zero attached hydrogens (tertiary/aromatic N) is 4. The van der Waals surface area contributed by atoms with E-state index in [-0.39, 0.29) is 41.2 Å². The molecule has 37 heavy (non-hydrogen) atoms. The van der Waals surface area contributed by atoms with E-state index in [4.69, 9.17) is 23.8 Å². The van der Waals surface area contributed by atoms with Crippen LogP contribution in [0.5, 0.6) is 0 Å². The zero-order valence-electron chi connectivity index (χ0n) is 20.6. The summed E-state index contributed by atoms with van der Waals surface area (Å²) in [5, 5.41) is 9.64. The number of hydrogen-bond donors (Lipinski definition) is 3. The maximum absolute atomic E-state index is 13.1. The van der Waals surface area contributed by atoms with Gasteiger partial charge in [-0.15, -0.1) is 23.7 Å². The number of thiazole rings is 1. The molecule has 3 N–H and O–H groups in total. The van der Waals surface area contributed by atoms with Gasteiger partial charge in [-0.2, -0.15) is 0 Å². The van der Waals surface area contributed by atoms with E-state index in [9.17, 15) is 14.4 Å². The minimum absolute atomic E-state index is 0. The number of hydrogen-bond acceptors (Lipinski definition) is 8. The molecular formula is C23H29Cl2N7O3S2. The van der Waals surface area contributed by atoms with Crippen LogP contribution in [0.4, 0.5) is 5.82 Å². The van der Waals surface area contributed by atoms with Crippen LogP contribution in [0.1, 0.15) is 39.6 Å². The monoisotopic (exact) mass is 585 g/mol. The molecule has 1 saturated carbocycles. The van der Waals surface area contributed by atoms with Crippen LogP contribution in [0, 0.1) is 5.92 Å². The summed E-state index contributed by atoms with van der Waals surface area (Å²) in [6, 6.07) is 2.45. The summed E-state index contributed by atoms with van der Waals surface area (Å²) in [5.74, 6) is -0.706. The number of amides is 3. The first-order valence-electron chi connectivity index (χ1n) is 11.5. The predicted molar refractivity (Wildman–Crippen MR) is 149 cm³/mol. The van der Waals surface area contributed by atoms with Crippen molar-refractivity contribution in [1.82, 2.24) is 30.4 Å². The van der Waals surface area contributed by atoms with Crippen LogP contribution >= 0.6 is 47.6 Å². The molecule has 3 amide bonds. The van der Waals surface area contributed by atoms with E-state index in [1.54, 1.807) is 31.1 Å². The number of halogens is 2. The van der Waals surface area contributed by atoms with Crippen molar-refractivity contribution < 1.29 is 14.4 Å². The summed E-state index contributed by atoms with van der Waals surface area (Å²) in [6.07, 6.45) is 3.02.